The van der Waals surface area contributed by atoms with E-state index in [0.717, 1.165) is 35.8 Å². The monoisotopic (exact) mass is 255 g/mol. The van der Waals surface area contributed by atoms with Crippen LogP contribution < -0.4 is 14.8 Å². The molecule has 1 aliphatic heterocycles. The maximum atomic E-state index is 5.73. The second kappa shape index (κ2) is 5.22. The molecule has 3 rings (SSSR count). The molecular weight excluding hydrogens is 238 g/mol. The number of nitrogens with one attached hydrogen (secondary N) is 1. The molecule has 2 aromatic carbocycles. The molecule has 1 heterocycles. The van der Waals surface area contributed by atoms with Crippen LogP contribution in [0.3, 0.4) is 0 Å². The van der Waals surface area contributed by atoms with Crippen molar-refractivity contribution in [2.24, 2.45) is 0 Å². The number of hydrogen-bond donors (Lipinski definition) is 1. The van der Waals surface area contributed by atoms with Crippen molar-refractivity contribution in [3.05, 3.63) is 42.5 Å². The van der Waals surface area contributed by atoms with Crippen LogP contribution in [0.2, 0.25) is 0 Å². The van der Waals surface area contributed by atoms with Gasteiger partial charge >= 0.3 is 0 Å². The van der Waals surface area contributed by atoms with Gasteiger partial charge in [-0.1, -0.05) is 18.2 Å². The minimum absolute atomic E-state index is 0.715. The van der Waals surface area contributed by atoms with Crippen LogP contribution in [0.5, 0.6) is 11.5 Å². The number of hydrogen-bond acceptors (Lipinski definition) is 3. The van der Waals surface area contributed by atoms with Gasteiger partial charge in [-0.3, -0.25) is 0 Å². The Morgan fingerprint density at radius 2 is 1.68 bits per heavy atom. The van der Waals surface area contributed by atoms with E-state index in [2.05, 4.69) is 29.6 Å². The van der Waals surface area contributed by atoms with Gasteiger partial charge in [0.25, 0.3) is 0 Å². The molecule has 3 heteroatoms. The number of fused-ring (bicyclic) bond motifs is 1. The Morgan fingerprint density at radius 1 is 0.895 bits per heavy atom. The third-order valence-corrected chi connectivity index (χ3v) is 3.23. The highest BCUT2D eigenvalue weighted by Gasteiger charge is 2.11. The fourth-order valence-electron chi connectivity index (χ4n) is 2.20. The van der Waals surface area contributed by atoms with Crippen LogP contribution in [0, 0.1) is 0 Å². The maximum absolute atomic E-state index is 5.73. The third-order valence-electron chi connectivity index (χ3n) is 3.23. The molecule has 0 unspecified atom stereocenters. The molecule has 98 valence electrons. The van der Waals surface area contributed by atoms with Gasteiger partial charge in [0.1, 0.15) is 0 Å². The first-order valence-corrected chi connectivity index (χ1v) is 6.54. The van der Waals surface area contributed by atoms with Gasteiger partial charge in [0.15, 0.2) is 11.5 Å². The summed E-state index contributed by atoms with van der Waals surface area (Å²) in [4.78, 5) is 0. The Balaban J connectivity index is 1.98. The summed E-state index contributed by atoms with van der Waals surface area (Å²) in [6.07, 6.45) is 0.930. The van der Waals surface area contributed by atoms with Crippen molar-refractivity contribution in [1.29, 1.82) is 0 Å². The normalized spacial score (nSPS) is 13.7. The molecule has 3 nitrogen and oxygen atoms in total. The smallest absolute Gasteiger partial charge is 0.161 e. The minimum Gasteiger partial charge on any atom is -0.490 e. The van der Waals surface area contributed by atoms with Crippen molar-refractivity contribution in [2.45, 2.75) is 6.42 Å². The second-order valence-corrected chi connectivity index (χ2v) is 4.54. The molecule has 0 aromatic heterocycles. The Kier molecular flexibility index (Phi) is 3.27. The molecule has 0 aliphatic carbocycles. The van der Waals surface area contributed by atoms with E-state index in [1.165, 1.54) is 5.56 Å². The molecular formula is C16H17NO2. The Hall–Kier alpha value is -2.16. The first-order valence-electron chi connectivity index (χ1n) is 6.54. The quantitative estimate of drug-likeness (QED) is 0.890. The predicted octanol–water partition coefficient (Wildman–Crippen LogP) is 3.56. The van der Waals surface area contributed by atoms with E-state index in [0.29, 0.717) is 6.61 Å². The zero-order valence-electron chi connectivity index (χ0n) is 11.0. The average Bonchev–Trinajstić information content (AvgIpc) is 2.71. The lowest BCUT2D eigenvalue weighted by atomic mass is 10.0. The number of anilines is 1. The number of ether oxygens (including phenoxy) is 2. The predicted molar refractivity (Wildman–Crippen MR) is 77.0 cm³/mol. The molecule has 0 bridgehead atoms. The highest BCUT2D eigenvalue weighted by Crippen LogP contribution is 2.34. The summed E-state index contributed by atoms with van der Waals surface area (Å²) in [6.45, 7) is 1.44. The molecule has 0 fully saturated rings. The highest BCUT2D eigenvalue weighted by atomic mass is 16.5. The third kappa shape index (κ3) is 2.50. The molecule has 0 saturated carbocycles. The zero-order chi connectivity index (χ0) is 13.1. The van der Waals surface area contributed by atoms with E-state index in [1.807, 2.05) is 25.2 Å². The lowest BCUT2D eigenvalue weighted by Gasteiger charge is -2.10. The largest absolute Gasteiger partial charge is 0.490 e. The van der Waals surface area contributed by atoms with E-state index in [1.54, 1.807) is 0 Å². The van der Waals surface area contributed by atoms with Crippen molar-refractivity contribution in [2.75, 3.05) is 25.6 Å². The topological polar surface area (TPSA) is 30.5 Å². The van der Waals surface area contributed by atoms with Gasteiger partial charge in [-0.2, -0.15) is 0 Å². The lowest BCUT2D eigenvalue weighted by molar-refractivity contribution is 0.297. The van der Waals surface area contributed by atoms with Gasteiger partial charge < -0.3 is 14.8 Å². The fourth-order valence-corrected chi connectivity index (χ4v) is 2.20. The summed E-state index contributed by atoms with van der Waals surface area (Å²) >= 11 is 0. The van der Waals surface area contributed by atoms with Crippen molar-refractivity contribution < 1.29 is 9.47 Å². The highest BCUT2D eigenvalue weighted by molar-refractivity contribution is 5.70. The standard InChI is InChI=1S/C16H17NO2/c1-17-14-5-2-4-12(10-14)13-6-7-15-16(11-13)19-9-3-8-18-15/h2,4-7,10-11,17H,3,8-9H2,1H3. The summed E-state index contributed by atoms with van der Waals surface area (Å²) in [5.41, 5.74) is 3.41. The van der Waals surface area contributed by atoms with Gasteiger partial charge in [-0.15, -0.1) is 0 Å². The molecule has 19 heavy (non-hydrogen) atoms. The molecule has 1 N–H and O–H groups in total. The summed E-state index contributed by atoms with van der Waals surface area (Å²) in [5, 5.41) is 3.15. The summed E-state index contributed by atoms with van der Waals surface area (Å²) in [6, 6.07) is 14.4. The van der Waals surface area contributed by atoms with E-state index >= 15 is 0 Å². The molecule has 0 amide bonds. The minimum atomic E-state index is 0.715. The molecule has 2 aromatic rings. The SMILES string of the molecule is CNc1cccc(-c2ccc3c(c2)OCCCO3)c1. The molecule has 1 aliphatic rings. The summed E-state index contributed by atoms with van der Waals surface area (Å²) in [7, 11) is 1.92. The van der Waals surface area contributed by atoms with Crippen LogP contribution in [0.15, 0.2) is 42.5 Å². The van der Waals surface area contributed by atoms with Crippen molar-refractivity contribution >= 4 is 5.69 Å². The molecule has 0 atom stereocenters. The van der Waals surface area contributed by atoms with Gasteiger partial charge in [0.05, 0.1) is 13.2 Å². The first-order chi connectivity index (χ1) is 9.36. The van der Waals surface area contributed by atoms with Crippen LogP contribution in [-0.2, 0) is 0 Å². The zero-order valence-corrected chi connectivity index (χ0v) is 11.0. The second-order valence-electron chi connectivity index (χ2n) is 4.54. The van der Waals surface area contributed by atoms with Crippen LogP contribution in [0.25, 0.3) is 11.1 Å². The Morgan fingerprint density at radius 3 is 2.53 bits per heavy atom. The van der Waals surface area contributed by atoms with Gasteiger partial charge in [0.2, 0.25) is 0 Å². The van der Waals surface area contributed by atoms with E-state index < -0.39 is 0 Å². The first kappa shape index (κ1) is 11.9. The lowest BCUT2D eigenvalue weighted by Crippen LogP contribution is -1.97. The Bertz CT molecular complexity index is 581. The molecule has 0 saturated heterocycles. The van der Waals surface area contributed by atoms with E-state index in [9.17, 15) is 0 Å². The number of benzene rings is 2. The van der Waals surface area contributed by atoms with E-state index in [-0.39, 0.29) is 0 Å². The molecule has 0 spiro atoms. The van der Waals surface area contributed by atoms with E-state index in [4.69, 9.17) is 9.47 Å². The van der Waals surface area contributed by atoms with Gasteiger partial charge in [-0.25, -0.2) is 0 Å². The van der Waals surface area contributed by atoms with Gasteiger partial charge in [0, 0.05) is 19.2 Å². The maximum Gasteiger partial charge on any atom is 0.161 e. The molecule has 0 radical (unpaired) electrons. The summed E-state index contributed by atoms with van der Waals surface area (Å²) < 4.78 is 11.4. The van der Waals surface area contributed by atoms with Crippen LogP contribution in [0.1, 0.15) is 6.42 Å². The number of rotatable bonds is 2. The van der Waals surface area contributed by atoms with Crippen LogP contribution in [-0.4, -0.2) is 20.3 Å². The summed E-state index contributed by atoms with van der Waals surface area (Å²) in [5.74, 6) is 1.68. The van der Waals surface area contributed by atoms with Crippen molar-refractivity contribution in [3.63, 3.8) is 0 Å². The van der Waals surface area contributed by atoms with Crippen LogP contribution >= 0.6 is 0 Å². The van der Waals surface area contributed by atoms with Crippen LogP contribution in [0.4, 0.5) is 5.69 Å². The van der Waals surface area contributed by atoms with Crippen molar-refractivity contribution in [3.8, 4) is 22.6 Å². The van der Waals surface area contributed by atoms with Gasteiger partial charge in [-0.05, 0) is 35.4 Å². The van der Waals surface area contributed by atoms with Crippen molar-refractivity contribution in [1.82, 2.24) is 0 Å². The average molecular weight is 255 g/mol. The Labute approximate surface area is 113 Å². The fraction of sp³-hybridized carbons (Fsp3) is 0.250.